The number of piperidine rings is 1. The molecule has 6 nitrogen and oxygen atoms in total. The summed E-state index contributed by atoms with van der Waals surface area (Å²) in [6.45, 7) is 4.16. The van der Waals surface area contributed by atoms with Crippen molar-refractivity contribution in [2.24, 2.45) is 0 Å². The highest BCUT2D eigenvalue weighted by molar-refractivity contribution is 8.01. The second-order valence-corrected chi connectivity index (χ2v) is 13.1. The molecule has 2 aromatic carbocycles. The molecule has 5 rings (SSSR count). The van der Waals surface area contributed by atoms with Gasteiger partial charge in [0.1, 0.15) is 0 Å². The van der Waals surface area contributed by atoms with Crippen LogP contribution in [-0.2, 0) is 14.6 Å². The smallest absolute Gasteiger partial charge is 0.233 e. The van der Waals surface area contributed by atoms with E-state index in [9.17, 15) is 13.2 Å². The van der Waals surface area contributed by atoms with E-state index in [1.807, 2.05) is 30.2 Å². The molecule has 3 aromatic rings. The molecule has 0 unspecified atom stereocenters. The molecule has 0 aliphatic carbocycles. The van der Waals surface area contributed by atoms with Crippen molar-refractivity contribution in [3.63, 3.8) is 0 Å². The number of fused-ring (bicyclic) bond motifs is 1. The van der Waals surface area contributed by atoms with Crippen molar-refractivity contribution in [1.82, 2.24) is 9.88 Å². The van der Waals surface area contributed by atoms with Gasteiger partial charge in [-0.15, -0.1) is 11.8 Å². The number of rotatable bonds is 6. The number of aryl methyl sites for hydroxylation is 1. The molecule has 0 N–H and O–H groups in total. The van der Waals surface area contributed by atoms with E-state index in [0.717, 1.165) is 42.7 Å². The van der Waals surface area contributed by atoms with Crippen LogP contribution in [0.3, 0.4) is 0 Å². The molecule has 2 aliphatic heterocycles. The minimum absolute atomic E-state index is 0.00167. The normalized spacial score (nSPS) is 18.1. The van der Waals surface area contributed by atoms with Gasteiger partial charge >= 0.3 is 0 Å². The summed E-state index contributed by atoms with van der Waals surface area (Å²) >= 11 is 7.80. The summed E-state index contributed by atoms with van der Waals surface area (Å²) in [7, 11) is -3.50. The van der Waals surface area contributed by atoms with Crippen LogP contribution >= 0.6 is 23.4 Å². The fourth-order valence-corrected chi connectivity index (χ4v) is 8.27. The van der Waals surface area contributed by atoms with Crippen molar-refractivity contribution in [2.75, 3.05) is 36.0 Å². The maximum absolute atomic E-state index is 13.2. The lowest BCUT2D eigenvalue weighted by atomic mass is 10.0. The molecular formula is C26H28ClN3O3S2. The zero-order valence-corrected chi connectivity index (χ0v) is 22.0. The standard InChI is InChI=1S/C26H28ClN3O3S2/c1-19-16-22(8-11-28-19)29-13-9-26(10-14-29)30(25(31)18-34-26)12-3-15-35(32,33)24-5-2-4-20-17-21(27)6-7-23(20)24/h2,4-8,11,16-17H,3,9-10,12-15,18H2,1H3. The number of sulfone groups is 1. The van der Waals surface area contributed by atoms with Gasteiger partial charge in [0.15, 0.2) is 9.84 Å². The number of amides is 1. The van der Waals surface area contributed by atoms with E-state index in [4.69, 9.17) is 11.6 Å². The quantitative estimate of drug-likeness (QED) is 0.451. The second kappa shape index (κ2) is 9.64. The first-order chi connectivity index (χ1) is 16.8. The van der Waals surface area contributed by atoms with E-state index in [-0.39, 0.29) is 16.5 Å². The van der Waals surface area contributed by atoms with E-state index in [2.05, 4.69) is 16.0 Å². The first kappa shape index (κ1) is 24.4. The maximum atomic E-state index is 13.2. The first-order valence-electron chi connectivity index (χ1n) is 11.8. The number of pyridine rings is 1. The van der Waals surface area contributed by atoms with Crippen LogP contribution in [0.5, 0.6) is 0 Å². The van der Waals surface area contributed by atoms with Crippen LogP contribution < -0.4 is 4.90 Å². The zero-order valence-electron chi connectivity index (χ0n) is 19.6. The van der Waals surface area contributed by atoms with Crippen LogP contribution in [0.1, 0.15) is 25.0 Å². The van der Waals surface area contributed by atoms with Crippen LogP contribution in [0.25, 0.3) is 10.8 Å². The maximum Gasteiger partial charge on any atom is 0.233 e. The second-order valence-electron chi connectivity index (χ2n) is 9.22. The van der Waals surface area contributed by atoms with Gasteiger partial charge in [0.05, 0.1) is 21.3 Å². The van der Waals surface area contributed by atoms with Gasteiger partial charge in [-0.2, -0.15) is 0 Å². The molecule has 35 heavy (non-hydrogen) atoms. The summed E-state index contributed by atoms with van der Waals surface area (Å²) in [5.74, 6) is 0.577. The Bertz CT molecular complexity index is 1370. The Labute approximate surface area is 215 Å². The van der Waals surface area contributed by atoms with E-state index in [0.29, 0.717) is 34.0 Å². The number of thioether (sulfide) groups is 1. The number of nitrogens with zero attached hydrogens (tertiary/aromatic N) is 3. The Balaban J connectivity index is 1.26. The van der Waals surface area contributed by atoms with Crippen molar-refractivity contribution in [3.8, 4) is 0 Å². The molecule has 0 radical (unpaired) electrons. The summed E-state index contributed by atoms with van der Waals surface area (Å²) in [5.41, 5.74) is 2.15. The van der Waals surface area contributed by atoms with Gasteiger partial charge in [0.25, 0.3) is 0 Å². The SMILES string of the molecule is Cc1cc(N2CCC3(CC2)SCC(=O)N3CCCS(=O)(=O)c2cccc3cc(Cl)ccc23)ccn1. The third kappa shape index (κ3) is 4.88. The van der Waals surface area contributed by atoms with Crippen LogP contribution in [0.15, 0.2) is 59.6 Å². The molecule has 1 amide bonds. The lowest BCUT2D eigenvalue weighted by molar-refractivity contribution is -0.130. The van der Waals surface area contributed by atoms with Crippen LogP contribution in [0.2, 0.25) is 5.02 Å². The van der Waals surface area contributed by atoms with Crippen molar-refractivity contribution in [1.29, 1.82) is 0 Å². The molecule has 1 spiro atoms. The molecule has 0 bridgehead atoms. The number of carbonyl (C=O) groups excluding carboxylic acids is 1. The fourth-order valence-electron chi connectivity index (χ4n) is 5.18. The average molecular weight is 530 g/mol. The summed E-state index contributed by atoms with van der Waals surface area (Å²) < 4.78 is 26.5. The molecule has 3 heterocycles. The van der Waals surface area contributed by atoms with Gasteiger partial charge in [0.2, 0.25) is 5.91 Å². The van der Waals surface area contributed by atoms with Crippen LogP contribution in [-0.4, -0.2) is 60.2 Å². The van der Waals surface area contributed by atoms with E-state index in [1.54, 1.807) is 42.1 Å². The predicted octanol–water partition coefficient (Wildman–Crippen LogP) is 4.93. The number of hydrogen-bond acceptors (Lipinski definition) is 6. The minimum Gasteiger partial charge on any atom is -0.371 e. The molecule has 0 saturated carbocycles. The van der Waals surface area contributed by atoms with Gasteiger partial charge in [-0.25, -0.2) is 8.42 Å². The van der Waals surface area contributed by atoms with Crippen molar-refractivity contribution < 1.29 is 13.2 Å². The van der Waals surface area contributed by atoms with Crippen molar-refractivity contribution in [3.05, 3.63) is 65.4 Å². The number of hydrogen-bond donors (Lipinski definition) is 0. The molecule has 2 saturated heterocycles. The van der Waals surface area contributed by atoms with Gasteiger partial charge in [0, 0.05) is 47.6 Å². The molecule has 1 aromatic heterocycles. The number of benzene rings is 2. The highest BCUT2D eigenvalue weighted by atomic mass is 35.5. The molecular weight excluding hydrogens is 502 g/mol. The molecule has 184 valence electrons. The number of anilines is 1. The van der Waals surface area contributed by atoms with Crippen LogP contribution in [0.4, 0.5) is 5.69 Å². The Morgan fingerprint density at radius 1 is 1.11 bits per heavy atom. The van der Waals surface area contributed by atoms with Crippen LogP contribution in [0, 0.1) is 6.92 Å². The third-order valence-corrected chi connectivity index (χ3v) is 10.6. The Hall–Kier alpha value is -2.29. The number of aromatic nitrogens is 1. The molecule has 2 fully saturated rings. The van der Waals surface area contributed by atoms with Crippen molar-refractivity contribution >= 4 is 55.6 Å². The summed E-state index contributed by atoms with van der Waals surface area (Å²) in [6, 6.07) is 14.6. The topological polar surface area (TPSA) is 70.6 Å². The number of halogens is 1. The van der Waals surface area contributed by atoms with E-state index in [1.165, 1.54) is 0 Å². The first-order valence-corrected chi connectivity index (χ1v) is 14.8. The lowest BCUT2D eigenvalue weighted by Gasteiger charge is -2.44. The van der Waals surface area contributed by atoms with Gasteiger partial charge < -0.3 is 9.80 Å². The molecule has 2 aliphatic rings. The average Bonchev–Trinajstić information content (AvgIpc) is 3.13. The van der Waals surface area contributed by atoms with Gasteiger partial charge in [-0.1, -0.05) is 29.8 Å². The monoisotopic (exact) mass is 529 g/mol. The summed E-state index contributed by atoms with van der Waals surface area (Å²) in [4.78, 5) is 21.5. The largest absolute Gasteiger partial charge is 0.371 e. The highest BCUT2D eigenvalue weighted by Crippen LogP contribution is 2.45. The minimum atomic E-state index is -3.50. The predicted molar refractivity (Wildman–Crippen MR) is 143 cm³/mol. The third-order valence-electron chi connectivity index (χ3n) is 6.98. The summed E-state index contributed by atoms with van der Waals surface area (Å²) in [5, 5.41) is 2.06. The summed E-state index contributed by atoms with van der Waals surface area (Å²) in [6.07, 6.45) is 3.97. The Kier molecular flexibility index (Phi) is 6.72. The number of carbonyl (C=O) groups is 1. The van der Waals surface area contributed by atoms with Gasteiger partial charge in [-0.3, -0.25) is 9.78 Å². The van der Waals surface area contributed by atoms with Crippen molar-refractivity contribution in [2.45, 2.75) is 36.0 Å². The lowest BCUT2D eigenvalue weighted by Crippen LogP contribution is -2.52. The van der Waals surface area contributed by atoms with Gasteiger partial charge in [-0.05, 0) is 61.9 Å². The zero-order chi connectivity index (χ0) is 24.6. The Morgan fingerprint density at radius 3 is 2.69 bits per heavy atom. The highest BCUT2D eigenvalue weighted by Gasteiger charge is 2.47. The molecule has 9 heteroatoms. The Morgan fingerprint density at radius 2 is 1.91 bits per heavy atom. The fraction of sp³-hybridized carbons (Fsp3) is 0.385. The van der Waals surface area contributed by atoms with E-state index >= 15 is 0 Å². The molecule has 0 atom stereocenters. The van der Waals surface area contributed by atoms with E-state index < -0.39 is 9.84 Å².